The number of benzene rings is 2. The highest BCUT2D eigenvalue weighted by molar-refractivity contribution is 7.80. The predicted molar refractivity (Wildman–Crippen MR) is 78.0 cm³/mol. The molecule has 0 unspecified atom stereocenters. The lowest BCUT2D eigenvalue weighted by atomic mass is 10.2. The molecule has 0 amide bonds. The van der Waals surface area contributed by atoms with Gasteiger partial charge in [-0.25, -0.2) is 0 Å². The third-order valence-corrected chi connectivity index (χ3v) is 3.00. The molecule has 3 heteroatoms. The van der Waals surface area contributed by atoms with Gasteiger partial charge >= 0.3 is 0 Å². The Hall–Kier alpha value is -1.87. The van der Waals surface area contributed by atoms with E-state index in [4.69, 9.17) is 17.0 Å². The molecule has 0 fully saturated rings. The SMILES string of the molecule is COc1cccc(CNC(=S)c2ccccc2)c1. The molecule has 0 aromatic heterocycles. The Morgan fingerprint density at radius 3 is 2.61 bits per heavy atom. The van der Waals surface area contributed by atoms with E-state index in [1.165, 1.54) is 0 Å². The average Bonchev–Trinajstić information content (AvgIpc) is 2.46. The van der Waals surface area contributed by atoms with Crippen LogP contribution >= 0.6 is 12.2 Å². The van der Waals surface area contributed by atoms with Crippen molar-refractivity contribution in [3.8, 4) is 5.75 Å². The summed E-state index contributed by atoms with van der Waals surface area (Å²) in [6.45, 7) is 0.699. The van der Waals surface area contributed by atoms with E-state index >= 15 is 0 Å². The van der Waals surface area contributed by atoms with Crippen molar-refractivity contribution in [2.24, 2.45) is 0 Å². The number of hydrogen-bond donors (Lipinski definition) is 1. The van der Waals surface area contributed by atoms with E-state index in [1.54, 1.807) is 7.11 Å². The lowest BCUT2D eigenvalue weighted by Crippen LogP contribution is -2.21. The largest absolute Gasteiger partial charge is 0.497 e. The van der Waals surface area contributed by atoms with Crippen molar-refractivity contribution in [3.63, 3.8) is 0 Å². The predicted octanol–water partition coefficient (Wildman–Crippen LogP) is 3.16. The van der Waals surface area contributed by atoms with Crippen molar-refractivity contribution < 1.29 is 4.74 Å². The van der Waals surface area contributed by atoms with Gasteiger partial charge < -0.3 is 10.1 Å². The molecule has 0 aliphatic rings. The number of nitrogens with one attached hydrogen (secondary N) is 1. The van der Waals surface area contributed by atoms with Crippen LogP contribution in [0.3, 0.4) is 0 Å². The van der Waals surface area contributed by atoms with E-state index in [1.807, 2.05) is 54.6 Å². The van der Waals surface area contributed by atoms with Crippen LogP contribution in [0.15, 0.2) is 54.6 Å². The van der Waals surface area contributed by atoms with Crippen LogP contribution in [-0.2, 0) is 6.54 Å². The fraction of sp³-hybridized carbons (Fsp3) is 0.133. The molecule has 92 valence electrons. The van der Waals surface area contributed by atoms with E-state index < -0.39 is 0 Å². The first-order chi connectivity index (χ1) is 8.79. The van der Waals surface area contributed by atoms with E-state index in [-0.39, 0.29) is 0 Å². The summed E-state index contributed by atoms with van der Waals surface area (Å²) < 4.78 is 5.19. The highest BCUT2D eigenvalue weighted by atomic mass is 32.1. The monoisotopic (exact) mass is 257 g/mol. The van der Waals surface area contributed by atoms with Gasteiger partial charge in [-0.15, -0.1) is 0 Å². The van der Waals surface area contributed by atoms with Crippen LogP contribution in [0.4, 0.5) is 0 Å². The van der Waals surface area contributed by atoms with Gasteiger partial charge in [0.05, 0.1) is 7.11 Å². The van der Waals surface area contributed by atoms with Gasteiger partial charge in [-0.1, -0.05) is 54.7 Å². The van der Waals surface area contributed by atoms with Crippen molar-refractivity contribution in [1.82, 2.24) is 5.32 Å². The van der Waals surface area contributed by atoms with Crippen molar-refractivity contribution >= 4 is 17.2 Å². The minimum atomic E-state index is 0.699. The summed E-state index contributed by atoms with van der Waals surface area (Å²) in [5, 5.41) is 3.24. The van der Waals surface area contributed by atoms with Crippen LogP contribution in [0.5, 0.6) is 5.75 Å². The molecule has 2 aromatic carbocycles. The molecule has 0 aliphatic carbocycles. The van der Waals surface area contributed by atoms with Gasteiger partial charge in [0, 0.05) is 12.1 Å². The highest BCUT2D eigenvalue weighted by Gasteiger charge is 2.00. The number of methoxy groups -OCH3 is 1. The second-order valence-electron chi connectivity index (χ2n) is 3.90. The van der Waals surface area contributed by atoms with Gasteiger partial charge in [0.25, 0.3) is 0 Å². The quantitative estimate of drug-likeness (QED) is 0.850. The minimum Gasteiger partial charge on any atom is -0.497 e. The average molecular weight is 257 g/mol. The zero-order chi connectivity index (χ0) is 12.8. The first-order valence-corrected chi connectivity index (χ1v) is 6.16. The molecule has 2 rings (SSSR count). The third-order valence-electron chi connectivity index (χ3n) is 2.62. The highest BCUT2D eigenvalue weighted by Crippen LogP contribution is 2.12. The van der Waals surface area contributed by atoms with E-state index in [9.17, 15) is 0 Å². The topological polar surface area (TPSA) is 21.3 Å². The second-order valence-corrected chi connectivity index (χ2v) is 4.31. The van der Waals surface area contributed by atoms with Crippen LogP contribution in [0, 0.1) is 0 Å². The summed E-state index contributed by atoms with van der Waals surface area (Å²) >= 11 is 5.34. The van der Waals surface area contributed by atoms with E-state index in [2.05, 4.69) is 5.32 Å². The van der Waals surface area contributed by atoms with Crippen molar-refractivity contribution in [3.05, 3.63) is 65.7 Å². The van der Waals surface area contributed by atoms with Gasteiger partial charge in [0.1, 0.15) is 10.7 Å². The second kappa shape index (κ2) is 6.17. The summed E-state index contributed by atoms with van der Waals surface area (Å²) in [6, 6.07) is 17.9. The van der Waals surface area contributed by atoms with Crippen LogP contribution in [0.25, 0.3) is 0 Å². The van der Waals surface area contributed by atoms with Gasteiger partial charge in [-0.05, 0) is 17.7 Å². The Labute approximate surface area is 113 Å². The van der Waals surface area contributed by atoms with Crippen molar-refractivity contribution in [2.75, 3.05) is 7.11 Å². The zero-order valence-electron chi connectivity index (χ0n) is 10.2. The summed E-state index contributed by atoms with van der Waals surface area (Å²) in [7, 11) is 1.67. The first kappa shape index (κ1) is 12.6. The Kier molecular flexibility index (Phi) is 4.31. The maximum atomic E-state index is 5.34. The smallest absolute Gasteiger partial charge is 0.119 e. The molecule has 0 radical (unpaired) electrons. The molecule has 0 aliphatic heterocycles. The van der Waals surface area contributed by atoms with Gasteiger partial charge in [-0.3, -0.25) is 0 Å². The molecule has 2 aromatic rings. The summed E-state index contributed by atoms with van der Waals surface area (Å²) in [5.41, 5.74) is 2.18. The lowest BCUT2D eigenvalue weighted by Gasteiger charge is -2.09. The fourth-order valence-electron chi connectivity index (χ4n) is 1.66. The van der Waals surface area contributed by atoms with Crippen LogP contribution < -0.4 is 10.1 Å². The maximum absolute atomic E-state index is 5.34. The Bertz CT molecular complexity index is 525. The number of ether oxygens (including phenoxy) is 1. The molecule has 0 bridgehead atoms. The third kappa shape index (κ3) is 3.31. The van der Waals surface area contributed by atoms with E-state index in [0.29, 0.717) is 6.54 Å². The maximum Gasteiger partial charge on any atom is 0.119 e. The van der Waals surface area contributed by atoms with Crippen LogP contribution in [0.2, 0.25) is 0 Å². The Morgan fingerprint density at radius 1 is 1.11 bits per heavy atom. The van der Waals surface area contributed by atoms with Gasteiger partial charge in [0.15, 0.2) is 0 Å². The van der Waals surface area contributed by atoms with Gasteiger partial charge in [-0.2, -0.15) is 0 Å². The number of hydrogen-bond acceptors (Lipinski definition) is 2. The normalized spacial score (nSPS) is 9.83. The minimum absolute atomic E-state index is 0.699. The van der Waals surface area contributed by atoms with Crippen LogP contribution in [0.1, 0.15) is 11.1 Å². The molecule has 0 saturated carbocycles. The molecule has 0 heterocycles. The molecular weight excluding hydrogens is 242 g/mol. The van der Waals surface area contributed by atoms with Crippen molar-refractivity contribution in [2.45, 2.75) is 6.54 Å². The molecule has 18 heavy (non-hydrogen) atoms. The van der Waals surface area contributed by atoms with Gasteiger partial charge in [0.2, 0.25) is 0 Å². The lowest BCUT2D eigenvalue weighted by molar-refractivity contribution is 0.414. The molecule has 0 spiro atoms. The number of thiocarbonyl (C=S) groups is 1. The van der Waals surface area contributed by atoms with E-state index in [0.717, 1.165) is 21.9 Å². The standard InChI is InChI=1S/C15H15NOS/c1-17-14-9-5-6-12(10-14)11-16-15(18)13-7-3-2-4-8-13/h2-10H,11H2,1H3,(H,16,18). The molecule has 1 N–H and O–H groups in total. The molecular formula is C15H15NOS. The number of rotatable bonds is 4. The summed E-state index contributed by atoms with van der Waals surface area (Å²) in [4.78, 5) is 0.762. The first-order valence-electron chi connectivity index (χ1n) is 5.76. The molecule has 0 atom stereocenters. The fourth-order valence-corrected chi connectivity index (χ4v) is 1.86. The van der Waals surface area contributed by atoms with Crippen molar-refractivity contribution in [1.29, 1.82) is 0 Å². The Morgan fingerprint density at radius 2 is 1.89 bits per heavy atom. The van der Waals surface area contributed by atoms with Crippen LogP contribution in [-0.4, -0.2) is 12.1 Å². The summed E-state index contributed by atoms with van der Waals surface area (Å²) in [5.74, 6) is 0.861. The molecule has 0 saturated heterocycles. The molecule has 2 nitrogen and oxygen atoms in total. The summed E-state index contributed by atoms with van der Waals surface area (Å²) in [6.07, 6.45) is 0. The Balaban J connectivity index is 1.97. The zero-order valence-corrected chi connectivity index (χ0v) is 11.0.